The third-order valence-electron chi connectivity index (χ3n) is 4.59. The number of aliphatic hydroxyl groups excluding tert-OH is 1. The van der Waals surface area contributed by atoms with Crippen molar-refractivity contribution >= 4 is 0 Å². The number of nitrogens with one attached hydrogen (secondary N) is 1. The molecule has 3 heteroatoms. The van der Waals surface area contributed by atoms with E-state index in [2.05, 4.69) is 43.4 Å². The standard InChI is InChI=1S/C15H21NO2/c1-15(2)13(7-14(15)17)16-12-9-18-8-10-5-3-4-6-11(10)12/h3-6,12-14,16-17H,7-9H2,1-2H3. The maximum Gasteiger partial charge on any atom is 0.0721 e. The second-order valence-electron chi connectivity index (χ2n) is 6.06. The summed E-state index contributed by atoms with van der Waals surface area (Å²) in [7, 11) is 0. The lowest BCUT2D eigenvalue weighted by molar-refractivity contribution is -0.0805. The Bertz CT molecular complexity index is 444. The van der Waals surface area contributed by atoms with Gasteiger partial charge in [-0.05, 0) is 17.5 Å². The van der Waals surface area contributed by atoms with Crippen molar-refractivity contribution in [3.05, 3.63) is 35.4 Å². The molecule has 0 saturated heterocycles. The van der Waals surface area contributed by atoms with Crippen LogP contribution in [-0.4, -0.2) is 23.9 Å². The third kappa shape index (κ3) is 1.87. The summed E-state index contributed by atoms with van der Waals surface area (Å²) in [6.07, 6.45) is 0.654. The molecule has 1 heterocycles. The van der Waals surface area contributed by atoms with Gasteiger partial charge < -0.3 is 15.2 Å². The average molecular weight is 247 g/mol. The first kappa shape index (κ1) is 12.2. The number of fused-ring (bicyclic) bond motifs is 1. The lowest BCUT2D eigenvalue weighted by atomic mass is 9.64. The smallest absolute Gasteiger partial charge is 0.0721 e. The Hall–Kier alpha value is -0.900. The highest BCUT2D eigenvalue weighted by Crippen LogP contribution is 2.42. The summed E-state index contributed by atoms with van der Waals surface area (Å²) in [6.45, 7) is 5.67. The first-order valence-electron chi connectivity index (χ1n) is 6.68. The summed E-state index contributed by atoms with van der Waals surface area (Å²) in [5.74, 6) is 0. The fourth-order valence-electron chi connectivity index (χ4n) is 2.95. The third-order valence-corrected chi connectivity index (χ3v) is 4.59. The highest BCUT2D eigenvalue weighted by molar-refractivity contribution is 5.31. The molecule has 3 nitrogen and oxygen atoms in total. The molecule has 0 amide bonds. The fraction of sp³-hybridized carbons (Fsp3) is 0.600. The van der Waals surface area contributed by atoms with E-state index >= 15 is 0 Å². The second-order valence-corrected chi connectivity index (χ2v) is 6.06. The van der Waals surface area contributed by atoms with Gasteiger partial charge in [0.25, 0.3) is 0 Å². The van der Waals surface area contributed by atoms with E-state index in [9.17, 15) is 5.11 Å². The molecule has 1 saturated carbocycles. The van der Waals surface area contributed by atoms with E-state index in [1.807, 2.05) is 0 Å². The molecule has 1 aliphatic heterocycles. The molecular formula is C15H21NO2. The molecule has 3 unspecified atom stereocenters. The molecule has 1 aliphatic carbocycles. The predicted molar refractivity (Wildman–Crippen MR) is 70.2 cm³/mol. The van der Waals surface area contributed by atoms with Crippen LogP contribution in [-0.2, 0) is 11.3 Å². The Morgan fingerprint density at radius 3 is 2.83 bits per heavy atom. The number of rotatable bonds is 2. The number of aliphatic hydroxyl groups is 1. The first-order valence-corrected chi connectivity index (χ1v) is 6.68. The van der Waals surface area contributed by atoms with Gasteiger partial charge in [-0.15, -0.1) is 0 Å². The van der Waals surface area contributed by atoms with E-state index in [0.717, 1.165) is 13.0 Å². The first-order chi connectivity index (χ1) is 8.59. The van der Waals surface area contributed by atoms with E-state index in [1.165, 1.54) is 11.1 Å². The van der Waals surface area contributed by atoms with Crippen molar-refractivity contribution in [3.63, 3.8) is 0 Å². The summed E-state index contributed by atoms with van der Waals surface area (Å²) < 4.78 is 5.65. The van der Waals surface area contributed by atoms with E-state index in [1.54, 1.807) is 0 Å². The van der Waals surface area contributed by atoms with Crippen molar-refractivity contribution in [2.24, 2.45) is 5.41 Å². The predicted octanol–water partition coefficient (Wildman–Crippen LogP) is 2.01. The summed E-state index contributed by atoms with van der Waals surface area (Å²) >= 11 is 0. The molecule has 1 fully saturated rings. The number of hydrogen-bond donors (Lipinski definition) is 2. The van der Waals surface area contributed by atoms with Gasteiger partial charge in [-0.1, -0.05) is 38.1 Å². The summed E-state index contributed by atoms with van der Waals surface area (Å²) in [4.78, 5) is 0. The van der Waals surface area contributed by atoms with Gasteiger partial charge in [0.15, 0.2) is 0 Å². The number of ether oxygens (including phenoxy) is 1. The van der Waals surface area contributed by atoms with Crippen LogP contribution in [0.15, 0.2) is 24.3 Å². The van der Waals surface area contributed by atoms with E-state index in [-0.39, 0.29) is 17.6 Å². The molecule has 0 spiro atoms. The van der Waals surface area contributed by atoms with Crippen LogP contribution in [0.4, 0.5) is 0 Å². The van der Waals surface area contributed by atoms with Gasteiger partial charge in [-0.25, -0.2) is 0 Å². The van der Waals surface area contributed by atoms with Crippen LogP contribution < -0.4 is 5.32 Å². The quantitative estimate of drug-likeness (QED) is 0.840. The van der Waals surface area contributed by atoms with Crippen molar-refractivity contribution < 1.29 is 9.84 Å². The molecule has 1 aromatic rings. The Labute approximate surface area is 108 Å². The Balaban J connectivity index is 1.76. The number of hydrogen-bond acceptors (Lipinski definition) is 3. The molecule has 18 heavy (non-hydrogen) atoms. The molecule has 2 N–H and O–H groups in total. The van der Waals surface area contributed by atoms with Gasteiger partial charge in [0, 0.05) is 11.5 Å². The van der Waals surface area contributed by atoms with Crippen LogP contribution in [0, 0.1) is 5.41 Å². The van der Waals surface area contributed by atoms with Gasteiger partial charge in [-0.3, -0.25) is 0 Å². The van der Waals surface area contributed by atoms with Gasteiger partial charge in [-0.2, -0.15) is 0 Å². The van der Waals surface area contributed by atoms with Gasteiger partial charge in [0.05, 0.1) is 25.4 Å². The minimum absolute atomic E-state index is 0.0353. The Morgan fingerprint density at radius 1 is 1.33 bits per heavy atom. The molecular weight excluding hydrogens is 226 g/mol. The monoisotopic (exact) mass is 247 g/mol. The molecule has 1 aromatic carbocycles. The van der Waals surface area contributed by atoms with Crippen LogP contribution >= 0.6 is 0 Å². The molecule has 0 radical (unpaired) electrons. The van der Waals surface area contributed by atoms with Crippen molar-refractivity contribution in [1.29, 1.82) is 0 Å². The maximum absolute atomic E-state index is 9.80. The molecule has 0 bridgehead atoms. The van der Waals surface area contributed by atoms with Crippen molar-refractivity contribution in [2.45, 2.75) is 45.1 Å². The zero-order chi connectivity index (χ0) is 12.8. The normalized spacial score (nSPS) is 33.6. The zero-order valence-electron chi connectivity index (χ0n) is 11.0. The van der Waals surface area contributed by atoms with Crippen LogP contribution in [0.5, 0.6) is 0 Å². The largest absolute Gasteiger partial charge is 0.392 e. The zero-order valence-corrected chi connectivity index (χ0v) is 11.0. The minimum atomic E-state index is -0.185. The lowest BCUT2D eigenvalue weighted by Gasteiger charge is -2.51. The van der Waals surface area contributed by atoms with Crippen LogP contribution in [0.1, 0.15) is 37.4 Å². The van der Waals surface area contributed by atoms with Crippen LogP contribution in [0.2, 0.25) is 0 Å². The van der Waals surface area contributed by atoms with Crippen molar-refractivity contribution in [2.75, 3.05) is 6.61 Å². The summed E-state index contributed by atoms with van der Waals surface area (Å²) in [5, 5.41) is 13.4. The van der Waals surface area contributed by atoms with E-state index < -0.39 is 0 Å². The van der Waals surface area contributed by atoms with E-state index in [0.29, 0.717) is 12.6 Å². The summed E-state index contributed by atoms with van der Waals surface area (Å²) in [6, 6.07) is 9.07. The average Bonchev–Trinajstić information content (AvgIpc) is 2.39. The molecule has 3 rings (SSSR count). The Morgan fingerprint density at radius 2 is 2.11 bits per heavy atom. The van der Waals surface area contributed by atoms with Gasteiger partial charge >= 0.3 is 0 Å². The SMILES string of the molecule is CC1(C)C(O)CC1NC1COCc2ccccc21. The fourth-order valence-corrected chi connectivity index (χ4v) is 2.95. The highest BCUT2D eigenvalue weighted by atomic mass is 16.5. The molecule has 2 aliphatic rings. The maximum atomic E-state index is 9.80. The topological polar surface area (TPSA) is 41.5 Å². The van der Waals surface area contributed by atoms with Crippen LogP contribution in [0.25, 0.3) is 0 Å². The Kier molecular flexibility index (Phi) is 2.93. The molecule has 0 aromatic heterocycles. The molecule has 98 valence electrons. The lowest BCUT2D eigenvalue weighted by Crippen LogP contribution is -2.61. The van der Waals surface area contributed by atoms with Gasteiger partial charge in [0.2, 0.25) is 0 Å². The summed E-state index contributed by atoms with van der Waals surface area (Å²) in [5.41, 5.74) is 2.59. The van der Waals surface area contributed by atoms with Gasteiger partial charge in [0.1, 0.15) is 0 Å². The van der Waals surface area contributed by atoms with E-state index in [4.69, 9.17) is 4.74 Å². The minimum Gasteiger partial charge on any atom is -0.392 e. The van der Waals surface area contributed by atoms with Crippen molar-refractivity contribution in [1.82, 2.24) is 5.32 Å². The van der Waals surface area contributed by atoms with Crippen LogP contribution in [0.3, 0.4) is 0 Å². The number of benzene rings is 1. The second kappa shape index (κ2) is 4.34. The highest BCUT2D eigenvalue weighted by Gasteiger charge is 2.48. The van der Waals surface area contributed by atoms with Crippen molar-refractivity contribution in [3.8, 4) is 0 Å². The molecule has 3 atom stereocenters.